The molecule has 0 bridgehead atoms. The molecule has 0 saturated carbocycles. The summed E-state index contributed by atoms with van der Waals surface area (Å²) in [5.41, 5.74) is 3.72. The van der Waals surface area contributed by atoms with E-state index < -0.39 is 0 Å². The topological polar surface area (TPSA) is 8.81 Å². The Morgan fingerprint density at radius 2 is 1.74 bits per heavy atom. The number of allylic oxidation sites excluding steroid dienone is 1. The lowest BCUT2D eigenvalue weighted by Crippen LogP contribution is -2.52. The highest BCUT2D eigenvalue weighted by atomic mass is 15.2. The zero-order valence-electron chi connectivity index (χ0n) is 13.6. The molecule has 2 aromatic carbocycles. The summed E-state index contributed by atoms with van der Waals surface area (Å²) in [7, 11) is 0. The zero-order valence-corrected chi connectivity index (χ0v) is 13.6. The molecule has 1 aromatic heterocycles. The fourth-order valence-electron chi connectivity index (χ4n) is 3.34. The number of nitrogens with zero attached hydrogens (tertiary/aromatic N) is 2. The van der Waals surface area contributed by atoms with E-state index in [0.29, 0.717) is 0 Å². The van der Waals surface area contributed by atoms with Gasteiger partial charge in [0.05, 0.1) is 5.56 Å². The van der Waals surface area contributed by atoms with E-state index in [0.717, 1.165) is 6.42 Å². The Kier molecular flexibility index (Phi) is 3.19. The number of para-hydroxylation sites is 1. The van der Waals surface area contributed by atoms with Crippen LogP contribution in [0.25, 0.3) is 23.2 Å². The van der Waals surface area contributed by atoms with Gasteiger partial charge in [-0.3, -0.25) is 0 Å². The predicted molar refractivity (Wildman–Crippen MR) is 94.4 cm³/mol. The largest absolute Gasteiger partial charge is 0.295 e. The second-order valence-electron chi connectivity index (χ2n) is 6.33. The number of hydrogen-bond acceptors (Lipinski definition) is 0. The lowest BCUT2D eigenvalue weighted by molar-refractivity contribution is -0.738. The van der Waals surface area contributed by atoms with Crippen molar-refractivity contribution in [1.29, 1.82) is 0 Å². The number of fused-ring (bicyclic) bond motifs is 3. The number of benzene rings is 2. The van der Waals surface area contributed by atoms with E-state index in [9.17, 15) is 0 Å². The minimum Gasteiger partial charge on any atom is -0.221 e. The van der Waals surface area contributed by atoms with Crippen LogP contribution in [-0.4, -0.2) is 4.57 Å². The molecule has 1 unspecified atom stereocenters. The number of imidazole rings is 1. The van der Waals surface area contributed by atoms with Crippen LogP contribution in [0.15, 0.2) is 73.1 Å². The van der Waals surface area contributed by atoms with Crippen LogP contribution < -0.4 is 4.57 Å². The van der Waals surface area contributed by atoms with Crippen molar-refractivity contribution in [2.45, 2.75) is 25.8 Å². The molecule has 1 aliphatic rings. The zero-order chi connectivity index (χ0) is 15.9. The second-order valence-corrected chi connectivity index (χ2v) is 6.33. The normalized spacial score (nSPS) is 19.0. The van der Waals surface area contributed by atoms with Gasteiger partial charge in [0, 0.05) is 0 Å². The summed E-state index contributed by atoms with van der Waals surface area (Å²) >= 11 is 0. The highest BCUT2D eigenvalue weighted by Gasteiger charge is 2.35. The molecular weight excluding hydrogens is 280 g/mol. The van der Waals surface area contributed by atoms with E-state index in [1.54, 1.807) is 0 Å². The molecule has 0 radical (unpaired) electrons. The van der Waals surface area contributed by atoms with Crippen molar-refractivity contribution < 1.29 is 4.57 Å². The van der Waals surface area contributed by atoms with Crippen molar-refractivity contribution in [2.24, 2.45) is 0 Å². The molecule has 3 aromatic rings. The molecule has 0 spiro atoms. The lowest BCUT2D eigenvalue weighted by Gasteiger charge is -2.21. The average molecular weight is 301 g/mol. The first-order valence-corrected chi connectivity index (χ1v) is 8.20. The number of hydrogen-bond donors (Lipinski definition) is 0. The highest BCUT2D eigenvalue weighted by Crippen LogP contribution is 2.32. The van der Waals surface area contributed by atoms with Crippen LogP contribution in [0.1, 0.15) is 25.8 Å². The molecule has 4 rings (SSSR count). The fraction of sp³-hybridized carbons (Fsp3) is 0.190. The molecule has 0 N–H and O–H groups in total. The molecule has 0 saturated heterocycles. The van der Waals surface area contributed by atoms with Gasteiger partial charge in [-0.25, -0.2) is 4.57 Å². The molecule has 1 atom stereocenters. The van der Waals surface area contributed by atoms with Gasteiger partial charge < -0.3 is 0 Å². The van der Waals surface area contributed by atoms with Crippen molar-refractivity contribution in [3.8, 4) is 17.1 Å². The van der Waals surface area contributed by atoms with E-state index >= 15 is 0 Å². The van der Waals surface area contributed by atoms with Crippen molar-refractivity contribution >= 4 is 6.08 Å². The van der Waals surface area contributed by atoms with Gasteiger partial charge in [0.15, 0.2) is 0 Å². The van der Waals surface area contributed by atoms with E-state index in [2.05, 4.69) is 102 Å². The third kappa shape index (κ3) is 2.14. The monoisotopic (exact) mass is 301 g/mol. The summed E-state index contributed by atoms with van der Waals surface area (Å²) in [6.45, 7) is 4.55. The summed E-state index contributed by atoms with van der Waals surface area (Å²) < 4.78 is 4.70. The molecule has 1 aliphatic heterocycles. The molecule has 0 fully saturated rings. The van der Waals surface area contributed by atoms with Gasteiger partial charge in [-0.05, 0) is 43.2 Å². The molecule has 2 heteroatoms. The molecule has 2 heterocycles. The lowest BCUT2D eigenvalue weighted by atomic mass is 9.98. The Balaban J connectivity index is 2.06. The van der Waals surface area contributed by atoms with Gasteiger partial charge in [-0.1, -0.05) is 49.4 Å². The highest BCUT2D eigenvalue weighted by molar-refractivity contribution is 5.72. The summed E-state index contributed by atoms with van der Waals surface area (Å²) in [5.74, 6) is 1.24. The van der Waals surface area contributed by atoms with Gasteiger partial charge >= 0.3 is 0 Å². The van der Waals surface area contributed by atoms with E-state index in [1.807, 2.05) is 0 Å². The Bertz CT molecular complexity index is 874. The van der Waals surface area contributed by atoms with Crippen molar-refractivity contribution in [3.63, 3.8) is 0 Å². The van der Waals surface area contributed by atoms with E-state index in [-0.39, 0.29) is 5.54 Å². The van der Waals surface area contributed by atoms with Gasteiger partial charge in [0.2, 0.25) is 0 Å². The first-order chi connectivity index (χ1) is 11.2. The summed E-state index contributed by atoms with van der Waals surface area (Å²) in [4.78, 5) is 0. The van der Waals surface area contributed by atoms with Crippen molar-refractivity contribution in [2.75, 3.05) is 0 Å². The van der Waals surface area contributed by atoms with E-state index in [1.165, 1.54) is 22.6 Å². The first-order valence-electron chi connectivity index (χ1n) is 8.20. The maximum Gasteiger partial charge on any atom is 0.295 e. The third-order valence-electron chi connectivity index (χ3n) is 4.95. The van der Waals surface area contributed by atoms with Gasteiger partial charge in [0.1, 0.15) is 23.6 Å². The van der Waals surface area contributed by atoms with Crippen LogP contribution in [0.2, 0.25) is 0 Å². The minimum absolute atomic E-state index is 0.0195. The smallest absolute Gasteiger partial charge is 0.221 e. The average Bonchev–Trinajstić information content (AvgIpc) is 3.01. The molecule has 2 nitrogen and oxygen atoms in total. The maximum atomic E-state index is 2.41. The second kappa shape index (κ2) is 5.24. The first kappa shape index (κ1) is 14.0. The summed E-state index contributed by atoms with van der Waals surface area (Å²) in [6, 6.07) is 19.2. The third-order valence-corrected chi connectivity index (χ3v) is 4.95. The molecule has 114 valence electrons. The van der Waals surface area contributed by atoms with Crippen LogP contribution in [0.3, 0.4) is 0 Å². The quantitative estimate of drug-likeness (QED) is 0.612. The fourth-order valence-corrected chi connectivity index (χ4v) is 3.34. The number of rotatable bonds is 2. The molecule has 23 heavy (non-hydrogen) atoms. The van der Waals surface area contributed by atoms with E-state index in [4.69, 9.17) is 0 Å². The van der Waals surface area contributed by atoms with Crippen LogP contribution in [0.5, 0.6) is 0 Å². The summed E-state index contributed by atoms with van der Waals surface area (Å²) in [5, 5.41) is 0. The van der Waals surface area contributed by atoms with Crippen molar-refractivity contribution in [3.05, 3.63) is 78.6 Å². The Morgan fingerprint density at radius 1 is 1.00 bits per heavy atom. The van der Waals surface area contributed by atoms with Gasteiger partial charge in [-0.15, -0.1) is 0 Å². The molecule has 0 amide bonds. The van der Waals surface area contributed by atoms with Crippen LogP contribution in [-0.2, 0) is 5.54 Å². The Hall–Kier alpha value is -2.61. The Labute approximate surface area is 137 Å². The van der Waals surface area contributed by atoms with Crippen LogP contribution >= 0.6 is 0 Å². The summed E-state index contributed by atoms with van der Waals surface area (Å²) in [6.07, 6.45) is 10.0. The van der Waals surface area contributed by atoms with Gasteiger partial charge in [-0.2, -0.15) is 4.57 Å². The van der Waals surface area contributed by atoms with Crippen molar-refractivity contribution in [1.82, 2.24) is 4.57 Å². The maximum absolute atomic E-state index is 2.41. The van der Waals surface area contributed by atoms with Crippen LogP contribution in [0, 0.1) is 0 Å². The molecular formula is C21H21N2+. The molecule has 0 aliphatic carbocycles. The SMILES string of the molecule is CCC1(C)C=Cc2ccccc2-c2n(-c3ccccc3)cc[n+]21. The van der Waals surface area contributed by atoms with Crippen LogP contribution in [0.4, 0.5) is 0 Å². The predicted octanol–water partition coefficient (Wildman–Crippen LogP) is 4.58. The Morgan fingerprint density at radius 3 is 2.52 bits per heavy atom. The number of aromatic nitrogens is 2. The van der Waals surface area contributed by atoms with Gasteiger partial charge in [0.25, 0.3) is 5.82 Å². The minimum atomic E-state index is -0.0195. The standard InChI is InChI=1S/C21H21N2/c1-3-21(2)14-13-17-9-7-8-12-19(17)20-22(15-16-23(20)21)18-10-5-4-6-11-18/h4-16H,3H2,1-2H3/q+1.